The van der Waals surface area contributed by atoms with Crippen molar-refractivity contribution < 1.29 is 9.53 Å². The van der Waals surface area contributed by atoms with Crippen molar-refractivity contribution in [2.24, 2.45) is 0 Å². The predicted molar refractivity (Wildman–Crippen MR) is 90.6 cm³/mol. The molecule has 0 fully saturated rings. The molecule has 122 valence electrons. The molecular formula is C17H22N4O2. The minimum Gasteiger partial charge on any atom is -0.444 e. The van der Waals surface area contributed by atoms with Gasteiger partial charge in [-0.05, 0) is 39.3 Å². The maximum Gasteiger partial charge on any atom is 0.412 e. The van der Waals surface area contributed by atoms with Gasteiger partial charge in [0.05, 0.1) is 5.69 Å². The molecule has 2 aromatic rings. The number of hydrogen-bond acceptors (Lipinski definition) is 4. The third-order valence-electron chi connectivity index (χ3n) is 3.44. The molecule has 23 heavy (non-hydrogen) atoms. The Morgan fingerprint density at radius 2 is 2.22 bits per heavy atom. The highest BCUT2D eigenvalue weighted by atomic mass is 16.6. The monoisotopic (exact) mass is 314 g/mol. The molecule has 0 atom stereocenters. The van der Waals surface area contributed by atoms with Crippen molar-refractivity contribution in [3.05, 3.63) is 30.5 Å². The third-order valence-corrected chi connectivity index (χ3v) is 3.44. The first-order chi connectivity index (χ1) is 10.9. The van der Waals surface area contributed by atoms with E-state index in [1.807, 2.05) is 51.2 Å². The van der Waals surface area contributed by atoms with Crippen molar-refractivity contribution in [3.63, 3.8) is 0 Å². The normalized spacial score (nSPS) is 13.9. The average Bonchev–Trinajstić information content (AvgIpc) is 2.89. The van der Waals surface area contributed by atoms with Gasteiger partial charge in [0.15, 0.2) is 0 Å². The quantitative estimate of drug-likeness (QED) is 0.886. The minimum absolute atomic E-state index is 0.458. The number of hydrogen-bond donors (Lipinski definition) is 2. The standard InChI is InChI=1S/C17H22N4O2/c1-17(2,3)23-16(22)19-13-7-4-6-12(10-13)14-11-21-9-5-8-18-15(21)20-14/h4,6-7,10-11H,5,8-9H2,1-3H3,(H,18,20)(H,19,22). The van der Waals surface area contributed by atoms with Crippen LogP contribution in [0.25, 0.3) is 11.3 Å². The van der Waals surface area contributed by atoms with Gasteiger partial charge in [-0.1, -0.05) is 12.1 Å². The Labute approximate surface area is 135 Å². The molecule has 0 bridgehead atoms. The fraction of sp³-hybridized carbons (Fsp3) is 0.412. The molecule has 0 unspecified atom stereocenters. The van der Waals surface area contributed by atoms with Crippen LogP contribution in [0.4, 0.5) is 16.4 Å². The highest BCUT2D eigenvalue weighted by molar-refractivity contribution is 5.86. The molecule has 1 aliphatic rings. The Hall–Kier alpha value is -2.50. The highest BCUT2D eigenvalue weighted by Gasteiger charge is 2.17. The lowest BCUT2D eigenvalue weighted by Crippen LogP contribution is -2.27. The lowest BCUT2D eigenvalue weighted by atomic mass is 10.1. The zero-order valence-corrected chi connectivity index (χ0v) is 13.7. The van der Waals surface area contributed by atoms with Crippen LogP contribution in [0.2, 0.25) is 0 Å². The van der Waals surface area contributed by atoms with Crippen molar-refractivity contribution in [2.45, 2.75) is 39.3 Å². The van der Waals surface area contributed by atoms with E-state index in [0.717, 1.165) is 36.7 Å². The second kappa shape index (κ2) is 5.95. The Kier molecular flexibility index (Phi) is 3.98. The van der Waals surface area contributed by atoms with Crippen LogP contribution in [-0.2, 0) is 11.3 Å². The topological polar surface area (TPSA) is 68.2 Å². The van der Waals surface area contributed by atoms with E-state index in [1.165, 1.54) is 0 Å². The third kappa shape index (κ3) is 3.83. The molecule has 3 rings (SSSR count). The SMILES string of the molecule is CC(C)(C)OC(=O)Nc1cccc(-c2cn3c(n2)NCCC3)c1. The van der Waals surface area contributed by atoms with E-state index < -0.39 is 11.7 Å². The summed E-state index contributed by atoms with van der Waals surface area (Å²) < 4.78 is 7.39. The first-order valence-electron chi connectivity index (χ1n) is 7.82. The fourth-order valence-electron chi connectivity index (χ4n) is 2.49. The van der Waals surface area contributed by atoms with E-state index >= 15 is 0 Å². The second-order valence-electron chi connectivity index (χ2n) is 6.63. The van der Waals surface area contributed by atoms with Crippen LogP contribution in [0.15, 0.2) is 30.5 Å². The van der Waals surface area contributed by atoms with Gasteiger partial charge < -0.3 is 14.6 Å². The molecule has 1 amide bonds. The number of nitrogens with one attached hydrogen (secondary N) is 2. The van der Waals surface area contributed by atoms with Gasteiger partial charge in [-0.2, -0.15) is 0 Å². The van der Waals surface area contributed by atoms with Gasteiger partial charge in [0.2, 0.25) is 5.95 Å². The van der Waals surface area contributed by atoms with Crippen molar-refractivity contribution in [1.29, 1.82) is 0 Å². The molecule has 1 aliphatic heterocycles. The van der Waals surface area contributed by atoms with Crippen LogP contribution in [0, 0.1) is 0 Å². The minimum atomic E-state index is -0.518. The molecule has 2 N–H and O–H groups in total. The van der Waals surface area contributed by atoms with Crippen LogP contribution in [-0.4, -0.2) is 27.8 Å². The summed E-state index contributed by atoms with van der Waals surface area (Å²) >= 11 is 0. The van der Waals surface area contributed by atoms with Gasteiger partial charge in [0, 0.05) is 30.5 Å². The molecule has 1 aromatic carbocycles. The van der Waals surface area contributed by atoms with Crippen molar-refractivity contribution in [3.8, 4) is 11.3 Å². The van der Waals surface area contributed by atoms with Crippen molar-refractivity contribution >= 4 is 17.7 Å². The smallest absolute Gasteiger partial charge is 0.412 e. The highest BCUT2D eigenvalue weighted by Crippen LogP contribution is 2.25. The molecule has 0 saturated carbocycles. The molecule has 6 heteroatoms. The molecule has 1 aromatic heterocycles. The number of ether oxygens (including phenoxy) is 1. The lowest BCUT2D eigenvalue weighted by molar-refractivity contribution is 0.0636. The number of aromatic nitrogens is 2. The molecular weight excluding hydrogens is 292 g/mol. The summed E-state index contributed by atoms with van der Waals surface area (Å²) in [6.07, 6.45) is 2.68. The number of imidazole rings is 1. The summed E-state index contributed by atoms with van der Waals surface area (Å²) in [6.45, 7) is 7.45. The van der Waals surface area contributed by atoms with Crippen LogP contribution in [0.3, 0.4) is 0 Å². The number of fused-ring (bicyclic) bond motifs is 1. The summed E-state index contributed by atoms with van der Waals surface area (Å²) in [7, 11) is 0. The first kappa shape index (κ1) is 15.4. The number of carbonyl (C=O) groups is 1. The van der Waals surface area contributed by atoms with Crippen LogP contribution >= 0.6 is 0 Å². The van der Waals surface area contributed by atoms with Crippen molar-refractivity contribution in [2.75, 3.05) is 17.2 Å². The number of carbonyl (C=O) groups excluding carboxylic acids is 1. The Bertz CT molecular complexity index is 692. The molecule has 0 radical (unpaired) electrons. The first-order valence-corrected chi connectivity index (χ1v) is 7.82. The Morgan fingerprint density at radius 3 is 2.96 bits per heavy atom. The zero-order valence-electron chi connectivity index (χ0n) is 13.7. The summed E-state index contributed by atoms with van der Waals surface area (Å²) in [6, 6.07) is 7.61. The maximum absolute atomic E-state index is 11.9. The number of anilines is 2. The van der Waals surface area contributed by atoms with E-state index in [-0.39, 0.29) is 0 Å². The summed E-state index contributed by atoms with van der Waals surface area (Å²) in [5.41, 5.74) is 2.02. The largest absolute Gasteiger partial charge is 0.444 e. The number of aryl methyl sites for hydroxylation is 1. The van der Waals surface area contributed by atoms with Crippen LogP contribution in [0.5, 0.6) is 0 Å². The van der Waals surface area contributed by atoms with Gasteiger partial charge in [-0.15, -0.1) is 0 Å². The van der Waals surface area contributed by atoms with Gasteiger partial charge in [-0.25, -0.2) is 9.78 Å². The van der Waals surface area contributed by atoms with Gasteiger partial charge in [0.25, 0.3) is 0 Å². The van der Waals surface area contributed by atoms with E-state index in [4.69, 9.17) is 4.74 Å². The summed E-state index contributed by atoms with van der Waals surface area (Å²) in [5.74, 6) is 0.900. The fourth-order valence-corrected chi connectivity index (χ4v) is 2.49. The molecule has 6 nitrogen and oxygen atoms in total. The predicted octanol–water partition coefficient (Wildman–Crippen LogP) is 3.71. The molecule has 0 spiro atoms. The molecule has 0 aliphatic carbocycles. The van der Waals surface area contributed by atoms with E-state index in [9.17, 15) is 4.79 Å². The van der Waals surface area contributed by atoms with E-state index in [1.54, 1.807) is 0 Å². The van der Waals surface area contributed by atoms with E-state index in [0.29, 0.717) is 5.69 Å². The van der Waals surface area contributed by atoms with Crippen molar-refractivity contribution in [1.82, 2.24) is 9.55 Å². The summed E-state index contributed by atoms with van der Waals surface area (Å²) in [4.78, 5) is 16.5. The van der Waals surface area contributed by atoms with Gasteiger partial charge in [0.1, 0.15) is 5.60 Å². The number of rotatable bonds is 2. The molecule has 0 saturated heterocycles. The maximum atomic E-state index is 11.9. The zero-order chi connectivity index (χ0) is 16.4. The lowest BCUT2D eigenvalue weighted by Gasteiger charge is -2.19. The summed E-state index contributed by atoms with van der Waals surface area (Å²) in [5, 5.41) is 6.05. The molecule has 2 heterocycles. The number of nitrogens with zero attached hydrogens (tertiary/aromatic N) is 2. The average molecular weight is 314 g/mol. The van der Waals surface area contributed by atoms with Gasteiger partial charge in [-0.3, -0.25) is 5.32 Å². The number of amides is 1. The number of benzene rings is 1. The van der Waals surface area contributed by atoms with Crippen LogP contribution in [0.1, 0.15) is 27.2 Å². The Balaban J connectivity index is 1.77. The van der Waals surface area contributed by atoms with Gasteiger partial charge >= 0.3 is 6.09 Å². The second-order valence-corrected chi connectivity index (χ2v) is 6.63. The van der Waals surface area contributed by atoms with E-state index in [2.05, 4.69) is 20.2 Å². The van der Waals surface area contributed by atoms with Crippen LogP contribution < -0.4 is 10.6 Å². The Morgan fingerprint density at radius 1 is 1.39 bits per heavy atom.